The lowest BCUT2D eigenvalue weighted by Crippen LogP contribution is -1.88. The number of ether oxygens (including phenoxy) is 1. The molecule has 5 heteroatoms. The van der Waals surface area contributed by atoms with Gasteiger partial charge >= 0.3 is 0 Å². The van der Waals surface area contributed by atoms with Gasteiger partial charge < -0.3 is 9.84 Å². The topological polar surface area (TPSA) is 29.5 Å². The van der Waals surface area contributed by atoms with Crippen LogP contribution in [0.15, 0.2) is 21.9 Å². The van der Waals surface area contributed by atoms with E-state index in [0.29, 0.717) is 5.03 Å². The molecule has 0 fully saturated rings. The molecule has 1 N–H and O–H groups in total. The van der Waals surface area contributed by atoms with Gasteiger partial charge in [0.2, 0.25) is 0 Å². The van der Waals surface area contributed by atoms with Gasteiger partial charge in [-0.05, 0) is 0 Å². The Hall–Kier alpha value is 0.110. The van der Waals surface area contributed by atoms with E-state index in [2.05, 4.69) is 0 Å². The van der Waals surface area contributed by atoms with E-state index in [1.807, 2.05) is 0 Å². The molecule has 0 amide bonds. The monoisotopic (exact) mass is 216 g/mol. The van der Waals surface area contributed by atoms with Gasteiger partial charge in [0.05, 0.1) is 16.7 Å². The smallest absolute Gasteiger partial charge is 0.124 e. The van der Waals surface area contributed by atoms with E-state index in [9.17, 15) is 0 Å². The molecule has 0 aliphatic heterocycles. The van der Waals surface area contributed by atoms with Gasteiger partial charge in [0.25, 0.3) is 0 Å². The molecule has 0 aromatic heterocycles. The lowest BCUT2D eigenvalue weighted by Gasteiger charge is -1.98. The second-order valence-corrected chi connectivity index (χ2v) is 2.78. The average molecular weight is 217 g/mol. The molecule has 0 aromatic rings. The number of aliphatic hydroxyl groups excluding tert-OH is 1. The largest absolute Gasteiger partial charge is 0.494 e. The maximum atomic E-state index is 8.40. The van der Waals surface area contributed by atoms with Crippen molar-refractivity contribution in [1.82, 2.24) is 0 Å². The second-order valence-electron chi connectivity index (χ2n) is 1.59. The summed E-state index contributed by atoms with van der Waals surface area (Å²) in [6.07, 6.45) is 1.21. The first-order valence-corrected chi connectivity index (χ1v) is 3.91. The highest BCUT2D eigenvalue weighted by Crippen LogP contribution is 2.05. The molecule has 0 aliphatic rings. The van der Waals surface area contributed by atoms with Gasteiger partial charge in [0.15, 0.2) is 0 Å². The first kappa shape index (κ1) is 11.1. The molecule has 2 nitrogen and oxygen atoms in total. The van der Waals surface area contributed by atoms with Crippen molar-refractivity contribution in [3.63, 3.8) is 0 Å². The maximum absolute atomic E-state index is 8.40. The summed E-state index contributed by atoms with van der Waals surface area (Å²) in [5, 5.41) is 8.98. The molecular weight excluding hydrogens is 210 g/mol. The zero-order valence-corrected chi connectivity index (χ0v) is 7.83. The van der Waals surface area contributed by atoms with Crippen molar-refractivity contribution in [2.24, 2.45) is 0 Å². The van der Waals surface area contributed by atoms with Crippen LogP contribution in [0.4, 0.5) is 0 Å². The molecule has 0 atom stereocenters. The van der Waals surface area contributed by atoms with E-state index < -0.39 is 0 Å². The van der Waals surface area contributed by atoms with E-state index in [1.54, 1.807) is 0 Å². The summed E-state index contributed by atoms with van der Waals surface area (Å²) in [5.74, 6) is 0. The van der Waals surface area contributed by atoms with Crippen molar-refractivity contribution in [1.29, 1.82) is 0 Å². The fourth-order valence-electron chi connectivity index (χ4n) is 0.280. The van der Waals surface area contributed by atoms with Gasteiger partial charge in [-0.3, -0.25) is 0 Å². The first-order chi connectivity index (χ1) is 5.20. The molecule has 0 unspecified atom stereocenters. The SMILES string of the molecule is OCC(Cl)=COCC(Cl)=CCl. The summed E-state index contributed by atoms with van der Waals surface area (Å²) in [5.41, 5.74) is 1.20. The molecule has 0 radical (unpaired) electrons. The van der Waals surface area contributed by atoms with Gasteiger partial charge in [0.1, 0.15) is 12.9 Å². The lowest BCUT2D eigenvalue weighted by atomic mass is 10.6. The van der Waals surface area contributed by atoms with E-state index >= 15 is 0 Å². The van der Waals surface area contributed by atoms with Crippen molar-refractivity contribution in [2.75, 3.05) is 13.2 Å². The Morgan fingerprint density at radius 1 is 1.36 bits per heavy atom. The quantitative estimate of drug-likeness (QED) is 0.733. The summed E-state index contributed by atoms with van der Waals surface area (Å²) in [6, 6.07) is 0. The first-order valence-electron chi connectivity index (χ1n) is 2.72. The minimum atomic E-state index is -0.246. The van der Waals surface area contributed by atoms with E-state index in [1.165, 1.54) is 11.8 Å². The lowest BCUT2D eigenvalue weighted by molar-refractivity contribution is 0.274. The molecular formula is C6H7Cl3O2. The number of halogens is 3. The molecule has 0 rings (SSSR count). The fraction of sp³-hybridized carbons (Fsp3) is 0.333. The normalized spacial score (nSPS) is 13.5. The summed E-state index contributed by atoms with van der Waals surface area (Å²) in [7, 11) is 0. The number of rotatable bonds is 4. The number of hydrogen-bond acceptors (Lipinski definition) is 2. The van der Waals surface area contributed by atoms with E-state index in [-0.39, 0.29) is 18.2 Å². The van der Waals surface area contributed by atoms with Gasteiger partial charge in [-0.1, -0.05) is 34.8 Å². The van der Waals surface area contributed by atoms with Crippen LogP contribution >= 0.6 is 34.8 Å². The van der Waals surface area contributed by atoms with Crippen molar-refractivity contribution in [3.8, 4) is 0 Å². The summed E-state index contributed by atoms with van der Waals surface area (Å²) in [6.45, 7) is -0.0922. The molecule has 11 heavy (non-hydrogen) atoms. The molecule has 0 saturated carbocycles. The zero-order chi connectivity index (χ0) is 8.69. The van der Waals surface area contributed by atoms with Crippen LogP contribution in [0, 0.1) is 0 Å². The highest BCUT2D eigenvalue weighted by Gasteiger charge is 1.91. The molecule has 0 bridgehead atoms. The third kappa shape index (κ3) is 6.51. The van der Waals surface area contributed by atoms with Gasteiger partial charge in [-0.25, -0.2) is 0 Å². The molecule has 0 spiro atoms. The van der Waals surface area contributed by atoms with E-state index in [0.717, 1.165) is 0 Å². The summed E-state index contributed by atoms with van der Waals surface area (Å²) < 4.78 is 4.80. The van der Waals surface area contributed by atoms with Gasteiger partial charge in [-0.2, -0.15) is 0 Å². The van der Waals surface area contributed by atoms with E-state index in [4.69, 9.17) is 44.6 Å². The predicted molar refractivity (Wildman–Crippen MR) is 46.8 cm³/mol. The predicted octanol–water partition coefficient (Wildman–Crippen LogP) is 2.39. The van der Waals surface area contributed by atoms with Crippen LogP contribution in [0.3, 0.4) is 0 Å². The zero-order valence-electron chi connectivity index (χ0n) is 5.56. The molecule has 0 saturated heterocycles. The van der Waals surface area contributed by atoms with Crippen LogP contribution < -0.4 is 0 Å². The Kier molecular flexibility index (Phi) is 6.87. The number of aliphatic hydroxyl groups is 1. The van der Waals surface area contributed by atoms with Crippen LogP contribution in [0.1, 0.15) is 0 Å². The molecule has 0 aliphatic carbocycles. The van der Waals surface area contributed by atoms with Crippen LogP contribution in [0.25, 0.3) is 0 Å². The number of hydrogen-bond donors (Lipinski definition) is 1. The third-order valence-corrected chi connectivity index (χ3v) is 1.50. The summed E-state index contributed by atoms with van der Waals surface area (Å²) >= 11 is 16.1. The van der Waals surface area contributed by atoms with Gasteiger partial charge in [0, 0.05) is 5.54 Å². The van der Waals surface area contributed by atoms with Crippen molar-refractivity contribution >= 4 is 34.8 Å². The van der Waals surface area contributed by atoms with Crippen LogP contribution in [0.2, 0.25) is 0 Å². The van der Waals surface area contributed by atoms with Crippen molar-refractivity contribution in [3.05, 3.63) is 21.9 Å². The van der Waals surface area contributed by atoms with Crippen molar-refractivity contribution < 1.29 is 9.84 Å². The van der Waals surface area contributed by atoms with Gasteiger partial charge in [-0.15, -0.1) is 0 Å². The summed E-state index contributed by atoms with van der Waals surface area (Å²) in [4.78, 5) is 0. The van der Waals surface area contributed by atoms with Crippen LogP contribution in [0.5, 0.6) is 0 Å². The Labute approximate surface area is 80.0 Å². The molecule has 64 valence electrons. The third-order valence-electron chi connectivity index (χ3n) is 0.702. The molecule has 0 heterocycles. The Balaban J connectivity index is 3.56. The standard InChI is InChI=1S/C6H7Cl3O2/c7-1-5(8)3-11-4-6(9)2-10/h1,4,10H,2-3H2. The Morgan fingerprint density at radius 3 is 2.45 bits per heavy atom. The maximum Gasteiger partial charge on any atom is 0.124 e. The average Bonchev–Trinajstić information content (AvgIpc) is 2.04. The minimum Gasteiger partial charge on any atom is -0.494 e. The highest BCUT2D eigenvalue weighted by molar-refractivity contribution is 6.36. The fourth-order valence-corrected chi connectivity index (χ4v) is 0.469. The van der Waals surface area contributed by atoms with Crippen LogP contribution in [-0.2, 0) is 4.74 Å². The van der Waals surface area contributed by atoms with Crippen molar-refractivity contribution in [2.45, 2.75) is 0 Å². The second kappa shape index (κ2) is 6.80. The van der Waals surface area contributed by atoms with Crippen LogP contribution in [-0.4, -0.2) is 18.3 Å². The minimum absolute atomic E-state index is 0.154. The Morgan fingerprint density at radius 2 is 2.00 bits per heavy atom. The Bertz CT molecular complexity index is 165. The highest BCUT2D eigenvalue weighted by atomic mass is 35.5. The molecule has 0 aromatic carbocycles.